The second kappa shape index (κ2) is 15.9. The largest absolute Gasteiger partial charge is 0.379 e. The minimum atomic E-state index is -0.390. The van der Waals surface area contributed by atoms with Gasteiger partial charge in [0.25, 0.3) is 5.91 Å². The van der Waals surface area contributed by atoms with Gasteiger partial charge >= 0.3 is 0 Å². The normalized spacial score (nSPS) is 22.3. The number of thioether (sulfide) groups is 1. The highest BCUT2D eigenvalue weighted by molar-refractivity contribution is 8.14. The second-order valence-corrected chi connectivity index (χ2v) is 12.3. The van der Waals surface area contributed by atoms with Gasteiger partial charge in [0.05, 0.1) is 18.2 Å². The molecule has 2 heterocycles. The highest BCUT2D eigenvalue weighted by atomic mass is 35.5. The Kier molecular flexibility index (Phi) is 13.2. The fourth-order valence-corrected chi connectivity index (χ4v) is 5.33. The summed E-state index contributed by atoms with van der Waals surface area (Å²) in [6.07, 6.45) is 6.55. The zero-order chi connectivity index (χ0) is 30.7. The molecule has 4 atom stereocenters. The monoisotopic (exact) mass is 607 g/mol. The molecule has 2 amide bonds. The first-order valence-corrected chi connectivity index (χ1v) is 14.7. The van der Waals surface area contributed by atoms with Crippen LogP contribution in [0, 0.1) is 23.1 Å². The number of aromatic nitrogens is 1. The van der Waals surface area contributed by atoms with E-state index in [1.54, 1.807) is 23.9 Å². The van der Waals surface area contributed by atoms with Crippen molar-refractivity contribution < 1.29 is 18.4 Å². The van der Waals surface area contributed by atoms with Crippen LogP contribution < -0.4 is 16.4 Å². The third-order valence-corrected chi connectivity index (χ3v) is 8.35. The van der Waals surface area contributed by atoms with Crippen molar-refractivity contribution in [3.63, 3.8) is 0 Å². The number of rotatable bonds is 6. The van der Waals surface area contributed by atoms with Crippen LogP contribution in [0.1, 0.15) is 69.1 Å². The van der Waals surface area contributed by atoms with Gasteiger partial charge < -0.3 is 16.4 Å². The zero-order valence-electron chi connectivity index (χ0n) is 24.2. The number of fused-ring (bicyclic) bond motifs is 1. The fraction of sp³-hybridized carbons (Fsp3) is 0.467. The first-order chi connectivity index (χ1) is 19.5. The molecular formula is C30H40ClF2N5O2S. The molecule has 2 fully saturated rings. The minimum absolute atomic E-state index is 0.0909. The predicted octanol–water partition coefficient (Wildman–Crippen LogP) is 6.95. The fourth-order valence-electron chi connectivity index (χ4n) is 3.90. The van der Waals surface area contributed by atoms with Crippen LogP contribution >= 0.6 is 23.4 Å². The van der Waals surface area contributed by atoms with E-state index < -0.39 is 0 Å². The van der Waals surface area contributed by atoms with Gasteiger partial charge in [0, 0.05) is 35.2 Å². The molecule has 1 aliphatic heterocycles. The quantitative estimate of drug-likeness (QED) is 0.308. The maximum Gasteiger partial charge on any atom is 0.274 e. The lowest BCUT2D eigenvalue weighted by molar-refractivity contribution is -0.116. The molecule has 0 spiro atoms. The molecule has 2 saturated carbocycles. The van der Waals surface area contributed by atoms with Crippen molar-refractivity contribution in [1.29, 1.82) is 0 Å². The Bertz CT molecular complexity index is 1220. The van der Waals surface area contributed by atoms with E-state index in [9.17, 15) is 18.4 Å². The Labute approximate surface area is 250 Å². The first kappa shape index (κ1) is 34.2. The molecule has 11 heteroatoms. The number of nitrogens with one attached hydrogen (secondary N) is 2. The molecule has 7 nitrogen and oxygen atoms in total. The summed E-state index contributed by atoms with van der Waals surface area (Å²) >= 11 is 7.34. The molecular weight excluding hydrogens is 568 g/mol. The lowest BCUT2D eigenvalue weighted by atomic mass is 10.0. The van der Waals surface area contributed by atoms with Crippen molar-refractivity contribution >= 4 is 46.0 Å². The van der Waals surface area contributed by atoms with E-state index in [0.717, 1.165) is 18.4 Å². The van der Waals surface area contributed by atoms with E-state index in [0.29, 0.717) is 39.8 Å². The number of nitrogens with zero attached hydrogens (tertiary/aromatic N) is 2. The molecule has 0 bridgehead atoms. The van der Waals surface area contributed by atoms with Gasteiger partial charge in [-0.05, 0) is 67.0 Å². The number of hydrogen-bond donors (Lipinski definition) is 3. The summed E-state index contributed by atoms with van der Waals surface area (Å²) < 4.78 is 23.9. The summed E-state index contributed by atoms with van der Waals surface area (Å²) in [6, 6.07) is 7.29. The van der Waals surface area contributed by atoms with E-state index in [4.69, 9.17) is 17.3 Å². The Morgan fingerprint density at radius 1 is 1.24 bits per heavy atom. The molecule has 5 rings (SSSR count). The lowest BCUT2D eigenvalue weighted by Crippen LogP contribution is -2.20. The number of anilines is 1. The predicted molar refractivity (Wildman–Crippen MR) is 166 cm³/mol. The number of carbonyl (C=O) groups excluding carboxylic acids is 2. The average Bonchev–Trinajstić information content (AvgIpc) is 3.85. The summed E-state index contributed by atoms with van der Waals surface area (Å²) in [5.74, 6) is -0.124. The van der Waals surface area contributed by atoms with Gasteiger partial charge in [-0.25, -0.2) is 9.37 Å². The van der Waals surface area contributed by atoms with Crippen molar-refractivity contribution in [3.05, 3.63) is 71.3 Å². The average molecular weight is 608 g/mol. The Morgan fingerprint density at radius 3 is 2.44 bits per heavy atom. The maximum atomic E-state index is 14.4. The van der Waals surface area contributed by atoms with Crippen molar-refractivity contribution in [2.45, 2.75) is 58.2 Å². The van der Waals surface area contributed by atoms with E-state index in [-0.39, 0.29) is 35.3 Å². The molecule has 3 aliphatic rings. The van der Waals surface area contributed by atoms with Gasteiger partial charge in [0.2, 0.25) is 5.91 Å². The topological polar surface area (TPSA) is 109 Å². The van der Waals surface area contributed by atoms with Gasteiger partial charge in [-0.15, -0.1) is 0 Å². The summed E-state index contributed by atoms with van der Waals surface area (Å²) in [7, 11) is 0.500. The Hall–Kier alpha value is -2.98. The number of aliphatic imine (C=N–C) groups is 1. The number of halogens is 3. The van der Waals surface area contributed by atoms with Gasteiger partial charge in [-0.2, -0.15) is 0 Å². The molecule has 1 aromatic carbocycles. The maximum absolute atomic E-state index is 14.4. The molecule has 224 valence electrons. The SMILES string of the molecule is C=CC(=O)NCCC.CC1(C)CC1.CF.C[C@@H]1C2SC(N)=NC(c3cc(NC(=O)c4ccc(Cl)cn4)ccc3F)C21. The van der Waals surface area contributed by atoms with Crippen LogP contribution in [-0.2, 0) is 4.79 Å². The number of hydrogen-bond acceptors (Lipinski definition) is 6. The van der Waals surface area contributed by atoms with Gasteiger partial charge in [-0.1, -0.05) is 57.6 Å². The summed E-state index contributed by atoms with van der Waals surface area (Å²) in [6.45, 7) is 12.8. The molecule has 1 aromatic heterocycles. The lowest BCUT2D eigenvalue weighted by Gasteiger charge is -2.19. The highest BCUT2D eigenvalue weighted by Crippen LogP contribution is 2.58. The number of alkyl halides is 1. The summed E-state index contributed by atoms with van der Waals surface area (Å²) in [5.41, 5.74) is 7.82. The van der Waals surface area contributed by atoms with Crippen molar-refractivity contribution in [2.75, 3.05) is 19.0 Å². The van der Waals surface area contributed by atoms with Crippen LogP contribution in [0.4, 0.5) is 14.5 Å². The van der Waals surface area contributed by atoms with Crippen LogP contribution in [0.5, 0.6) is 0 Å². The van der Waals surface area contributed by atoms with E-state index in [1.165, 1.54) is 43.3 Å². The number of benzene rings is 1. The van der Waals surface area contributed by atoms with Crippen LogP contribution in [0.25, 0.3) is 0 Å². The van der Waals surface area contributed by atoms with Gasteiger partial charge in [0.15, 0.2) is 5.17 Å². The number of carbonyl (C=O) groups is 2. The third kappa shape index (κ3) is 10.7. The third-order valence-electron chi connectivity index (χ3n) is 6.77. The van der Waals surface area contributed by atoms with Crippen molar-refractivity contribution in [3.8, 4) is 0 Å². The van der Waals surface area contributed by atoms with Crippen molar-refractivity contribution in [2.24, 2.45) is 28.0 Å². The molecule has 0 radical (unpaired) electrons. The van der Waals surface area contributed by atoms with Crippen LogP contribution in [0.2, 0.25) is 5.02 Å². The zero-order valence-corrected chi connectivity index (χ0v) is 25.8. The first-order valence-electron chi connectivity index (χ1n) is 13.5. The van der Waals surface area contributed by atoms with Crippen LogP contribution in [-0.4, -0.2) is 40.9 Å². The molecule has 2 aliphatic carbocycles. The number of pyridine rings is 1. The van der Waals surface area contributed by atoms with Gasteiger partial charge in [-0.3, -0.25) is 19.0 Å². The minimum Gasteiger partial charge on any atom is -0.379 e. The Balaban J connectivity index is 0.000000323. The number of amides is 2. The highest BCUT2D eigenvalue weighted by Gasteiger charge is 2.55. The second-order valence-electron chi connectivity index (χ2n) is 10.6. The Morgan fingerprint density at radius 2 is 1.90 bits per heavy atom. The molecule has 41 heavy (non-hydrogen) atoms. The van der Waals surface area contributed by atoms with E-state index in [1.807, 2.05) is 6.92 Å². The molecule has 4 N–H and O–H groups in total. The molecule has 2 aromatic rings. The summed E-state index contributed by atoms with van der Waals surface area (Å²) in [4.78, 5) is 31.1. The van der Waals surface area contributed by atoms with Crippen molar-refractivity contribution in [1.82, 2.24) is 10.3 Å². The van der Waals surface area contributed by atoms with E-state index >= 15 is 0 Å². The standard InChI is InChI=1S/C18H16ClFN4OS.C6H11NO.C5H10.CH3F/c1-8-14-15(24-18(21)26-16(8)14)11-6-10(3-4-12(11)20)23-17(25)13-5-2-9(19)7-22-13;1-3-5-7-6(8)4-2;1-5(2)3-4-5;1-2/h2-8,14-16H,1H3,(H2,21,24)(H,23,25);4H,2-3,5H2,1H3,(H,7,8);3-4H2,1-2H3;1H3/t8-,14?,15?,16?;;;/m0.../s1. The number of amidine groups is 1. The van der Waals surface area contributed by atoms with E-state index in [2.05, 4.69) is 48.0 Å². The van der Waals surface area contributed by atoms with Crippen LogP contribution in [0.3, 0.4) is 0 Å². The molecule has 3 unspecified atom stereocenters. The smallest absolute Gasteiger partial charge is 0.274 e. The molecule has 0 saturated heterocycles. The number of nitrogens with two attached hydrogens (primary N) is 1. The summed E-state index contributed by atoms with van der Waals surface area (Å²) in [5, 5.41) is 6.68. The van der Waals surface area contributed by atoms with Gasteiger partial charge in [0.1, 0.15) is 11.5 Å². The van der Waals surface area contributed by atoms with Crippen LogP contribution in [0.15, 0.2) is 54.2 Å².